The van der Waals surface area contributed by atoms with Crippen LogP contribution >= 0.6 is 11.6 Å². The lowest BCUT2D eigenvalue weighted by Crippen LogP contribution is -1.97. The molecule has 0 spiro atoms. The molecule has 1 N–H and O–H groups in total. The molecule has 0 fully saturated rings. The molecule has 80 valence electrons. The van der Waals surface area contributed by atoms with Gasteiger partial charge in [0, 0.05) is 18.3 Å². The van der Waals surface area contributed by atoms with Gasteiger partial charge in [-0.2, -0.15) is 0 Å². The molecule has 16 heavy (non-hydrogen) atoms. The molecule has 0 radical (unpaired) electrons. The number of anilines is 1. The molecule has 2 aromatic rings. The maximum atomic E-state index is 5.88. The van der Waals surface area contributed by atoms with Crippen LogP contribution in [0.15, 0.2) is 36.5 Å². The summed E-state index contributed by atoms with van der Waals surface area (Å²) in [5, 5.41) is 3.85. The molecular weight excluding hydrogens is 224 g/mol. The fourth-order valence-electron chi connectivity index (χ4n) is 1.68. The van der Waals surface area contributed by atoms with Crippen molar-refractivity contribution in [3.05, 3.63) is 47.1 Å². The second kappa shape index (κ2) is 3.68. The van der Waals surface area contributed by atoms with Gasteiger partial charge in [0.25, 0.3) is 0 Å². The van der Waals surface area contributed by atoms with Crippen molar-refractivity contribution in [1.29, 1.82) is 0 Å². The topological polar surface area (TPSA) is 34.2 Å². The van der Waals surface area contributed by atoms with Crippen molar-refractivity contribution in [2.75, 3.05) is 5.32 Å². The molecule has 3 nitrogen and oxygen atoms in total. The summed E-state index contributed by atoms with van der Waals surface area (Å²) in [5.74, 6) is 1.40. The van der Waals surface area contributed by atoms with Gasteiger partial charge in [0.1, 0.15) is 5.75 Å². The number of benzene rings is 1. The van der Waals surface area contributed by atoms with Gasteiger partial charge in [0.15, 0.2) is 0 Å². The van der Waals surface area contributed by atoms with Gasteiger partial charge in [0.2, 0.25) is 5.88 Å². The van der Waals surface area contributed by atoms with Crippen LogP contribution in [0.1, 0.15) is 5.56 Å². The quantitative estimate of drug-likeness (QED) is 0.756. The molecule has 2 heterocycles. The average Bonchev–Trinajstić information content (AvgIpc) is 2.48. The van der Waals surface area contributed by atoms with Crippen LogP contribution in [0.25, 0.3) is 0 Å². The summed E-state index contributed by atoms with van der Waals surface area (Å²) < 4.78 is 5.73. The van der Waals surface area contributed by atoms with Crippen molar-refractivity contribution >= 4 is 17.3 Å². The summed E-state index contributed by atoms with van der Waals surface area (Å²) in [7, 11) is 0. The minimum Gasteiger partial charge on any atom is -0.437 e. The van der Waals surface area contributed by atoms with E-state index < -0.39 is 0 Å². The third-order valence-electron chi connectivity index (χ3n) is 2.47. The monoisotopic (exact) mass is 232 g/mol. The summed E-state index contributed by atoms with van der Waals surface area (Å²) >= 11 is 5.88. The number of hydrogen-bond acceptors (Lipinski definition) is 3. The fourth-order valence-corrected chi connectivity index (χ4v) is 1.84. The van der Waals surface area contributed by atoms with E-state index in [2.05, 4.69) is 10.3 Å². The number of ether oxygens (including phenoxy) is 1. The van der Waals surface area contributed by atoms with E-state index in [1.54, 1.807) is 6.20 Å². The maximum absolute atomic E-state index is 5.88. The molecule has 1 aromatic carbocycles. The fraction of sp³-hybridized carbons (Fsp3) is 0.0833. The lowest BCUT2D eigenvalue weighted by atomic mass is 10.2. The van der Waals surface area contributed by atoms with Gasteiger partial charge in [-0.1, -0.05) is 29.8 Å². The standard InChI is InChI=1S/C12H9ClN2O/c13-9-5-10-12(15-7-9)16-11-4-2-1-3-8(11)6-14-10/h1-5,7,14H,6H2. The molecule has 0 atom stereocenters. The number of nitrogens with zero attached hydrogens (tertiary/aromatic N) is 1. The van der Waals surface area contributed by atoms with Gasteiger partial charge < -0.3 is 10.1 Å². The highest BCUT2D eigenvalue weighted by Gasteiger charge is 2.14. The third kappa shape index (κ3) is 1.59. The Morgan fingerprint density at radius 2 is 2.19 bits per heavy atom. The molecule has 0 saturated heterocycles. The summed E-state index contributed by atoms with van der Waals surface area (Å²) in [5.41, 5.74) is 1.93. The van der Waals surface area contributed by atoms with E-state index in [9.17, 15) is 0 Å². The Bertz CT molecular complexity index is 542. The Hall–Kier alpha value is -1.74. The van der Waals surface area contributed by atoms with Gasteiger partial charge in [0.05, 0.1) is 10.7 Å². The van der Waals surface area contributed by atoms with Crippen molar-refractivity contribution in [3.63, 3.8) is 0 Å². The lowest BCUT2D eigenvalue weighted by molar-refractivity contribution is 0.465. The molecule has 0 unspecified atom stereocenters. The molecule has 0 amide bonds. The first kappa shape index (κ1) is 9.48. The average molecular weight is 233 g/mol. The molecular formula is C12H9ClN2O. The Morgan fingerprint density at radius 1 is 1.31 bits per heavy atom. The van der Waals surface area contributed by atoms with Crippen LogP contribution in [-0.2, 0) is 6.54 Å². The van der Waals surface area contributed by atoms with Crippen LogP contribution in [0, 0.1) is 0 Å². The zero-order valence-corrected chi connectivity index (χ0v) is 9.16. The largest absolute Gasteiger partial charge is 0.437 e. The first-order valence-corrected chi connectivity index (χ1v) is 5.36. The molecule has 4 heteroatoms. The summed E-state index contributed by atoms with van der Waals surface area (Å²) in [6, 6.07) is 9.70. The van der Waals surface area contributed by atoms with Crippen LogP contribution in [0.5, 0.6) is 11.6 Å². The molecule has 0 saturated carbocycles. The first-order chi connectivity index (χ1) is 7.83. The number of aromatic nitrogens is 1. The van der Waals surface area contributed by atoms with Crippen LogP contribution < -0.4 is 10.1 Å². The van der Waals surface area contributed by atoms with E-state index in [-0.39, 0.29) is 0 Å². The number of para-hydroxylation sites is 1. The van der Waals surface area contributed by atoms with Gasteiger partial charge in [-0.05, 0) is 12.1 Å². The van der Waals surface area contributed by atoms with Crippen LogP contribution in [-0.4, -0.2) is 4.98 Å². The van der Waals surface area contributed by atoms with Crippen LogP contribution in [0.4, 0.5) is 5.69 Å². The Balaban J connectivity index is 2.08. The van der Waals surface area contributed by atoms with E-state index >= 15 is 0 Å². The number of rotatable bonds is 0. The Morgan fingerprint density at radius 3 is 3.12 bits per heavy atom. The number of nitrogens with one attached hydrogen (secondary N) is 1. The van der Waals surface area contributed by atoms with Gasteiger partial charge in [-0.15, -0.1) is 0 Å². The number of hydrogen-bond donors (Lipinski definition) is 1. The van der Waals surface area contributed by atoms with E-state index in [0.717, 1.165) is 17.0 Å². The molecule has 0 aliphatic carbocycles. The van der Waals surface area contributed by atoms with Crippen LogP contribution in [0.3, 0.4) is 0 Å². The predicted molar refractivity (Wildman–Crippen MR) is 63.1 cm³/mol. The van der Waals surface area contributed by atoms with Crippen molar-refractivity contribution in [3.8, 4) is 11.6 Å². The van der Waals surface area contributed by atoms with Gasteiger partial charge in [-0.3, -0.25) is 0 Å². The highest BCUT2D eigenvalue weighted by Crippen LogP contribution is 2.34. The van der Waals surface area contributed by atoms with Crippen LogP contribution in [0.2, 0.25) is 5.02 Å². The highest BCUT2D eigenvalue weighted by molar-refractivity contribution is 6.30. The molecule has 0 bridgehead atoms. The maximum Gasteiger partial charge on any atom is 0.242 e. The summed E-state index contributed by atoms with van der Waals surface area (Å²) in [6.07, 6.45) is 1.58. The van der Waals surface area contributed by atoms with E-state index in [0.29, 0.717) is 17.4 Å². The Labute approximate surface area is 98.0 Å². The second-order valence-electron chi connectivity index (χ2n) is 3.57. The first-order valence-electron chi connectivity index (χ1n) is 4.98. The minimum absolute atomic E-state index is 0.564. The van der Waals surface area contributed by atoms with E-state index in [4.69, 9.17) is 16.3 Å². The smallest absolute Gasteiger partial charge is 0.242 e. The molecule has 1 aromatic heterocycles. The number of fused-ring (bicyclic) bond motifs is 2. The minimum atomic E-state index is 0.564. The van der Waals surface area contributed by atoms with Crippen molar-refractivity contribution in [2.24, 2.45) is 0 Å². The second-order valence-corrected chi connectivity index (χ2v) is 4.01. The molecule has 1 aliphatic heterocycles. The zero-order chi connectivity index (χ0) is 11.0. The van der Waals surface area contributed by atoms with Gasteiger partial charge in [-0.25, -0.2) is 4.98 Å². The zero-order valence-electron chi connectivity index (χ0n) is 8.40. The van der Waals surface area contributed by atoms with Crippen molar-refractivity contribution < 1.29 is 4.74 Å². The van der Waals surface area contributed by atoms with E-state index in [1.165, 1.54) is 0 Å². The SMILES string of the molecule is Clc1cnc2c(c1)NCc1ccccc1O2. The lowest BCUT2D eigenvalue weighted by Gasteiger charge is -2.06. The Kier molecular flexibility index (Phi) is 2.18. The number of pyridine rings is 1. The normalized spacial score (nSPS) is 12.8. The van der Waals surface area contributed by atoms with Crippen molar-refractivity contribution in [2.45, 2.75) is 6.54 Å². The van der Waals surface area contributed by atoms with Gasteiger partial charge >= 0.3 is 0 Å². The van der Waals surface area contributed by atoms with E-state index in [1.807, 2.05) is 30.3 Å². The summed E-state index contributed by atoms with van der Waals surface area (Å²) in [4.78, 5) is 4.16. The predicted octanol–water partition coefficient (Wildman–Crippen LogP) is 3.45. The molecule has 3 rings (SSSR count). The molecule has 1 aliphatic rings. The summed E-state index contributed by atoms with van der Waals surface area (Å²) in [6.45, 7) is 0.713. The third-order valence-corrected chi connectivity index (χ3v) is 2.67. The highest BCUT2D eigenvalue weighted by atomic mass is 35.5. The van der Waals surface area contributed by atoms with Crippen molar-refractivity contribution in [1.82, 2.24) is 4.98 Å². The number of halogens is 1.